The van der Waals surface area contributed by atoms with Crippen LogP contribution in [-0.2, 0) is 4.79 Å². The van der Waals surface area contributed by atoms with Crippen LogP contribution < -0.4 is 5.32 Å². The van der Waals surface area contributed by atoms with Crippen LogP contribution in [0.2, 0.25) is 0 Å². The van der Waals surface area contributed by atoms with Gasteiger partial charge >= 0.3 is 0 Å². The number of piperazine rings is 1. The van der Waals surface area contributed by atoms with Crippen LogP contribution in [0.1, 0.15) is 31.4 Å². The lowest BCUT2D eigenvalue weighted by atomic mass is 10.1. The summed E-state index contributed by atoms with van der Waals surface area (Å²) in [7, 11) is 0. The Labute approximate surface area is 144 Å². The maximum Gasteiger partial charge on any atom is 0.234 e. The van der Waals surface area contributed by atoms with E-state index in [9.17, 15) is 9.90 Å². The Morgan fingerprint density at radius 1 is 1.17 bits per heavy atom. The molecule has 0 radical (unpaired) electrons. The van der Waals surface area contributed by atoms with Gasteiger partial charge in [0.15, 0.2) is 0 Å². The van der Waals surface area contributed by atoms with Gasteiger partial charge in [0.2, 0.25) is 5.91 Å². The molecule has 0 unspecified atom stereocenters. The second kappa shape index (κ2) is 8.10. The molecule has 132 valence electrons. The summed E-state index contributed by atoms with van der Waals surface area (Å²) < 4.78 is 0. The fourth-order valence-corrected chi connectivity index (χ4v) is 3.37. The van der Waals surface area contributed by atoms with Crippen molar-refractivity contribution in [1.29, 1.82) is 0 Å². The summed E-state index contributed by atoms with van der Waals surface area (Å²) in [4.78, 5) is 16.6. The van der Waals surface area contributed by atoms with Crippen LogP contribution >= 0.6 is 0 Å². The third-order valence-corrected chi connectivity index (χ3v) is 5.17. The molecular weight excluding hydrogens is 302 g/mol. The summed E-state index contributed by atoms with van der Waals surface area (Å²) >= 11 is 0. The molecule has 5 heteroatoms. The lowest BCUT2D eigenvalue weighted by Crippen LogP contribution is -2.51. The van der Waals surface area contributed by atoms with Gasteiger partial charge in [0.25, 0.3) is 0 Å². The van der Waals surface area contributed by atoms with Gasteiger partial charge in [-0.2, -0.15) is 0 Å². The number of hydrogen-bond acceptors (Lipinski definition) is 4. The van der Waals surface area contributed by atoms with Crippen molar-refractivity contribution in [3.63, 3.8) is 0 Å². The van der Waals surface area contributed by atoms with Crippen molar-refractivity contribution in [1.82, 2.24) is 15.1 Å². The highest BCUT2D eigenvalue weighted by molar-refractivity contribution is 5.78. The normalized spacial score (nSPS) is 22.1. The molecule has 1 aromatic rings. The third kappa shape index (κ3) is 5.03. The zero-order valence-corrected chi connectivity index (χ0v) is 14.5. The highest BCUT2D eigenvalue weighted by Gasteiger charge is 2.29. The number of aliphatic hydroxyl groups is 1. The van der Waals surface area contributed by atoms with Crippen LogP contribution in [0.25, 0.3) is 0 Å². The summed E-state index contributed by atoms with van der Waals surface area (Å²) in [6.45, 7) is 6.82. The molecule has 0 spiro atoms. The minimum Gasteiger partial charge on any atom is -0.387 e. The van der Waals surface area contributed by atoms with E-state index >= 15 is 0 Å². The maximum atomic E-state index is 12.1. The van der Waals surface area contributed by atoms with Crippen LogP contribution in [0.3, 0.4) is 0 Å². The summed E-state index contributed by atoms with van der Waals surface area (Å²) in [5.74, 6) is 0.845. The van der Waals surface area contributed by atoms with Crippen molar-refractivity contribution in [2.75, 3.05) is 39.3 Å². The van der Waals surface area contributed by atoms with Crippen molar-refractivity contribution in [2.24, 2.45) is 5.92 Å². The molecule has 1 saturated carbocycles. The first-order valence-corrected chi connectivity index (χ1v) is 9.09. The molecule has 2 N–H and O–H groups in total. The monoisotopic (exact) mass is 331 g/mol. The fraction of sp³-hybridized carbons (Fsp3) is 0.632. The Morgan fingerprint density at radius 2 is 1.79 bits per heavy atom. The molecule has 2 aliphatic rings. The zero-order valence-electron chi connectivity index (χ0n) is 14.5. The third-order valence-electron chi connectivity index (χ3n) is 5.17. The van der Waals surface area contributed by atoms with E-state index in [0.717, 1.165) is 31.7 Å². The lowest BCUT2D eigenvalue weighted by Gasteiger charge is -2.35. The molecule has 0 bridgehead atoms. The Morgan fingerprint density at radius 3 is 2.42 bits per heavy atom. The van der Waals surface area contributed by atoms with Gasteiger partial charge in [-0.15, -0.1) is 0 Å². The van der Waals surface area contributed by atoms with Crippen molar-refractivity contribution in [2.45, 2.75) is 31.9 Å². The number of nitrogens with zero attached hydrogens (tertiary/aromatic N) is 2. The van der Waals surface area contributed by atoms with Crippen LogP contribution in [0, 0.1) is 5.92 Å². The number of rotatable bonds is 7. The quantitative estimate of drug-likeness (QED) is 0.790. The predicted octanol–water partition coefficient (Wildman–Crippen LogP) is 1.25. The number of β-amino-alcohol motifs (C(OH)–C–C–N with tert-alkyl or cyclic N) is 1. The summed E-state index contributed by atoms with van der Waals surface area (Å²) in [6, 6.07) is 10.1. The van der Waals surface area contributed by atoms with Crippen LogP contribution in [0.5, 0.6) is 0 Å². The molecule has 24 heavy (non-hydrogen) atoms. The van der Waals surface area contributed by atoms with E-state index < -0.39 is 6.10 Å². The molecule has 1 amide bonds. The largest absolute Gasteiger partial charge is 0.387 e. The van der Waals surface area contributed by atoms with Gasteiger partial charge < -0.3 is 10.4 Å². The number of carbonyl (C=O) groups is 1. The number of hydrogen-bond donors (Lipinski definition) is 2. The van der Waals surface area contributed by atoms with E-state index in [1.54, 1.807) is 0 Å². The molecule has 5 nitrogen and oxygen atoms in total. The van der Waals surface area contributed by atoms with E-state index in [0.29, 0.717) is 25.0 Å². The van der Waals surface area contributed by atoms with E-state index in [2.05, 4.69) is 22.0 Å². The first-order chi connectivity index (χ1) is 11.6. The van der Waals surface area contributed by atoms with E-state index in [4.69, 9.17) is 0 Å². The summed E-state index contributed by atoms with van der Waals surface area (Å²) in [5, 5.41) is 13.4. The molecule has 1 aromatic carbocycles. The van der Waals surface area contributed by atoms with Crippen LogP contribution in [-0.4, -0.2) is 66.1 Å². The maximum absolute atomic E-state index is 12.1. The van der Waals surface area contributed by atoms with Crippen molar-refractivity contribution < 1.29 is 9.90 Å². The molecule has 3 rings (SSSR count). The minimum atomic E-state index is -0.444. The zero-order chi connectivity index (χ0) is 16.9. The fourth-order valence-electron chi connectivity index (χ4n) is 3.37. The van der Waals surface area contributed by atoms with Gasteiger partial charge in [-0.05, 0) is 31.2 Å². The van der Waals surface area contributed by atoms with Gasteiger partial charge in [-0.1, -0.05) is 30.3 Å². The molecule has 0 aromatic heterocycles. The van der Waals surface area contributed by atoms with Crippen LogP contribution in [0.15, 0.2) is 30.3 Å². The van der Waals surface area contributed by atoms with Gasteiger partial charge in [-0.25, -0.2) is 0 Å². The Kier molecular flexibility index (Phi) is 5.87. The van der Waals surface area contributed by atoms with Crippen LogP contribution in [0.4, 0.5) is 0 Å². The second-order valence-corrected chi connectivity index (χ2v) is 7.20. The number of carbonyl (C=O) groups excluding carboxylic acids is 1. The molecule has 1 aliphatic heterocycles. The molecule has 1 aliphatic carbocycles. The highest BCUT2D eigenvalue weighted by atomic mass is 16.3. The Balaban J connectivity index is 1.37. The van der Waals surface area contributed by atoms with Gasteiger partial charge in [-0.3, -0.25) is 14.6 Å². The standard InChI is InChI=1S/C19H29N3O2/c1-15(16-7-8-16)20-19(24)14-22-11-9-21(10-12-22)13-18(23)17-5-3-2-4-6-17/h2-6,15-16,18,23H,7-14H2,1H3,(H,20,24)/t15-,18+/m0/s1. The predicted molar refractivity (Wildman–Crippen MR) is 94.6 cm³/mol. The molecule has 1 heterocycles. The topological polar surface area (TPSA) is 55.8 Å². The van der Waals surface area contributed by atoms with E-state index in [-0.39, 0.29) is 5.91 Å². The lowest BCUT2D eigenvalue weighted by molar-refractivity contribution is -0.123. The average molecular weight is 331 g/mol. The number of nitrogens with one attached hydrogen (secondary N) is 1. The van der Waals surface area contributed by atoms with E-state index in [1.165, 1.54) is 12.8 Å². The molecular formula is C19H29N3O2. The first kappa shape index (κ1) is 17.4. The number of benzene rings is 1. The first-order valence-electron chi connectivity index (χ1n) is 9.09. The van der Waals surface area contributed by atoms with Crippen molar-refractivity contribution >= 4 is 5.91 Å². The van der Waals surface area contributed by atoms with Gasteiger partial charge in [0.05, 0.1) is 12.6 Å². The highest BCUT2D eigenvalue weighted by Crippen LogP contribution is 2.32. The Hall–Kier alpha value is -1.43. The molecule has 2 atom stereocenters. The molecule has 1 saturated heterocycles. The second-order valence-electron chi connectivity index (χ2n) is 7.20. The van der Waals surface area contributed by atoms with Crippen molar-refractivity contribution in [3.8, 4) is 0 Å². The van der Waals surface area contributed by atoms with Crippen molar-refractivity contribution in [3.05, 3.63) is 35.9 Å². The minimum absolute atomic E-state index is 0.146. The van der Waals surface area contributed by atoms with Gasteiger partial charge in [0.1, 0.15) is 0 Å². The van der Waals surface area contributed by atoms with Gasteiger partial charge in [0, 0.05) is 38.8 Å². The Bertz CT molecular complexity index is 525. The summed E-state index contributed by atoms with van der Waals surface area (Å²) in [5.41, 5.74) is 0.966. The number of amides is 1. The summed E-state index contributed by atoms with van der Waals surface area (Å²) in [6.07, 6.45) is 2.06. The number of aliphatic hydroxyl groups excluding tert-OH is 1. The molecule has 2 fully saturated rings. The SMILES string of the molecule is C[C@H](NC(=O)CN1CCN(C[C@@H](O)c2ccccc2)CC1)C1CC1. The van der Waals surface area contributed by atoms with E-state index in [1.807, 2.05) is 30.3 Å². The average Bonchev–Trinajstić information content (AvgIpc) is 3.42. The smallest absolute Gasteiger partial charge is 0.234 e.